The number of benzene rings is 2. The molecule has 3 aliphatic rings. The zero-order chi connectivity index (χ0) is 37.1. The summed E-state index contributed by atoms with van der Waals surface area (Å²) in [6.07, 6.45) is 8.37. The lowest BCUT2D eigenvalue weighted by Crippen LogP contribution is -2.31. The first-order chi connectivity index (χ1) is 24.1. The minimum Gasteiger partial charge on any atom is -0.344 e. The van der Waals surface area contributed by atoms with Gasteiger partial charge in [0.15, 0.2) is 5.71 Å². The predicted octanol–water partition coefficient (Wildman–Crippen LogP) is 6.25. The van der Waals surface area contributed by atoms with E-state index in [2.05, 4.69) is 51.5 Å². The summed E-state index contributed by atoms with van der Waals surface area (Å²) >= 11 is 1.04. The lowest BCUT2D eigenvalue weighted by atomic mass is 9.81. The predicted molar refractivity (Wildman–Crippen MR) is 189 cm³/mol. The quantitative estimate of drug-likeness (QED) is 0.0418. The van der Waals surface area contributed by atoms with Crippen LogP contribution in [0.15, 0.2) is 70.1 Å². The number of hydrogen-bond acceptors (Lipinski definition) is 11. The Labute approximate surface area is 302 Å². The molecular weight excluding hydrogens is 699 g/mol. The van der Waals surface area contributed by atoms with Crippen molar-refractivity contribution in [1.82, 2.24) is 5.06 Å². The molecule has 0 saturated carbocycles. The number of carbonyl (C=O) groups excluding carboxylic acids is 3. The number of allylic oxidation sites excluding steroid dienone is 4. The molecule has 0 aromatic heterocycles. The number of rotatable bonds is 15. The van der Waals surface area contributed by atoms with Gasteiger partial charge in [0.05, 0.1) is 29.5 Å². The maximum absolute atomic E-state index is 12.3. The van der Waals surface area contributed by atoms with E-state index in [9.17, 15) is 27.4 Å². The van der Waals surface area contributed by atoms with Crippen LogP contribution >= 0.6 is 12.0 Å². The molecular formula is C36H44N3O10S2+. The summed E-state index contributed by atoms with van der Waals surface area (Å²) < 4.78 is 40.9. The van der Waals surface area contributed by atoms with E-state index in [0.717, 1.165) is 57.3 Å². The Balaban J connectivity index is 1.38. The van der Waals surface area contributed by atoms with Gasteiger partial charge < -0.3 is 9.74 Å². The van der Waals surface area contributed by atoms with Crippen LogP contribution in [-0.2, 0) is 54.4 Å². The van der Waals surface area contributed by atoms with Gasteiger partial charge in [0, 0.05) is 71.6 Å². The number of nitrogens with zero attached hydrogens (tertiary/aromatic N) is 3. The zero-order valence-electron chi connectivity index (χ0n) is 29.6. The molecule has 2 amide bonds. The van der Waals surface area contributed by atoms with Crippen molar-refractivity contribution >= 4 is 57.0 Å². The van der Waals surface area contributed by atoms with Gasteiger partial charge in [0.25, 0.3) is 21.9 Å². The average Bonchev–Trinajstić information content (AvgIpc) is 3.59. The van der Waals surface area contributed by atoms with E-state index < -0.39 is 38.7 Å². The second-order valence-corrected chi connectivity index (χ2v) is 15.7. The lowest BCUT2D eigenvalue weighted by Gasteiger charge is -2.25. The molecule has 2 aromatic carbocycles. The highest BCUT2D eigenvalue weighted by atomic mass is 32.2. The fourth-order valence-corrected chi connectivity index (χ4v) is 7.89. The highest BCUT2D eigenvalue weighted by Crippen LogP contribution is 2.48. The normalized spacial score (nSPS) is 18.8. The molecule has 0 spiro atoms. The van der Waals surface area contributed by atoms with Gasteiger partial charge in [-0.25, -0.2) is 9.68 Å². The van der Waals surface area contributed by atoms with Crippen molar-refractivity contribution < 1.29 is 51.0 Å². The number of fused-ring (bicyclic) bond motifs is 2. The van der Waals surface area contributed by atoms with Crippen LogP contribution in [0, 0.1) is 0 Å². The standard InChI is InChI=1S/C36H43N3O10S2/c1-7-37-28-18-16-25(51(43,44)45)23-27(28)36(4,5)30(37)12-11-13-31-35(2,3)26-22-24(50-49-48-46-6)15-17-29(26)38(31)21-10-8-9-14-34(42)47-39-32(40)19-20-33(39)41/h11-13,15-18,22-23H,7-10,14,19-21H2,1-6H3/p+1. The Kier molecular flexibility index (Phi) is 11.6. The Morgan fingerprint density at radius 1 is 1.00 bits per heavy atom. The molecule has 51 heavy (non-hydrogen) atoms. The number of amides is 2. The summed E-state index contributed by atoms with van der Waals surface area (Å²) in [5.74, 6) is -1.60. The molecule has 0 atom stereocenters. The molecule has 274 valence electrons. The minimum absolute atomic E-state index is 0.0540. The minimum atomic E-state index is -4.36. The van der Waals surface area contributed by atoms with Crippen molar-refractivity contribution in [2.24, 2.45) is 0 Å². The van der Waals surface area contributed by atoms with E-state index in [0.29, 0.717) is 31.0 Å². The first kappa shape index (κ1) is 38.4. The first-order valence-electron chi connectivity index (χ1n) is 16.8. The van der Waals surface area contributed by atoms with E-state index >= 15 is 0 Å². The Morgan fingerprint density at radius 3 is 2.39 bits per heavy atom. The van der Waals surface area contributed by atoms with Gasteiger partial charge in [-0.1, -0.05) is 25.0 Å². The third-order valence-electron chi connectivity index (χ3n) is 9.54. The highest BCUT2D eigenvalue weighted by molar-refractivity contribution is 7.94. The molecule has 5 rings (SSSR count). The first-order valence-corrected chi connectivity index (χ1v) is 19.0. The summed E-state index contributed by atoms with van der Waals surface area (Å²) in [5.41, 5.74) is 4.93. The molecule has 15 heteroatoms. The lowest BCUT2D eigenvalue weighted by molar-refractivity contribution is -0.447. The van der Waals surface area contributed by atoms with E-state index in [1.165, 1.54) is 13.2 Å². The van der Waals surface area contributed by atoms with E-state index in [1.54, 1.807) is 12.1 Å². The van der Waals surface area contributed by atoms with Crippen LogP contribution in [0.4, 0.5) is 11.4 Å². The van der Waals surface area contributed by atoms with E-state index in [1.807, 2.05) is 39.0 Å². The SMILES string of the molecule is CCN1C(=CC=CC2=[N+](CCCCCC(=O)ON3C(=O)CCC3=O)c3ccc(SOOOC)cc3C2(C)C)C(C)(C)c2cc(S(=O)(=O)O)ccc21. The molecule has 1 saturated heterocycles. The van der Waals surface area contributed by atoms with Crippen LogP contribution in [0.5, 0.6) is 0 Å². The number of hydroxylamine groups is 2. The van der Waals surface area contributed by atoms with Gasteiger partial charge in [0.2, 0.25) is 5.69 Å². The van der Waals surface area contributed by atoms with E-state index in [4.69, 9.17) is 9.17 Å². The summed E-state index contributed by atoms with van der Waals surface area (Å²) in [6.45, 7) is 11.7. The second kappa shape index (κ2) is 15.4. The summed E-state index contributed by atoms with van der Waals surface area (Å²) in [4.78, 5) is 48.3. The average molecular weight is 743 g/mol. The van der Waals surface area contributed by atoms with Gasteiger partial charge in [-0.2, -0.15) is 13.0 Å². The second-order valence-electron chi connectivity index (χ2n) is 13.5. The van der Waals surface area contributed by atoms with Crippen molar-refractivity contribution in [3.05, 3.63) is 71.5 Å². The molecule has 0 bridgehead atoms. The van der Waals surface area contributed by atoms with Crippen molar-refractivity contribution in [1.29, 1.82) is 0 Å². The molecule has 1 N–H and O–H groups in total. The molecule has 0 unspecified atom stereocenters. The Hall–Kier alpha value is -3.86. The molecule has 0 radical (unpaired) electrons. The third kappa shape index (κ3) is 7.98. The van der Waals surface area contributed by atoms with Crippen LogP contribution in [0.25, 0.3) is 0 Å². The summed E-state index contributed by atoms with van der Waals surface area (Å²) in [5, 5.41) is 5.17. The number of hydrogen-bond donors (Lipinski definition) is 1. The van der Waals surface area contributed by atoms with Gasteiger partial charge in [-0.15, -0.1) is 9.40 Å². The molecule has 0 aliphatic carbocycles. The van der Waals surface area contributed by atoms with Crippen molar-refractivity contribution in [2.45, 2.75) is 93.8 Å². The maximum atomic E-state index is 12.3. The molecule has 1 fully saturated rings. The Morgan fingerprint density at radius 2 is 1.73 bits per heavy atom. The number of anilines is 1. The van der Waals surface area contributed by atoms with Gasteiger partial charge in [0.1, 0.15) is 6.54 Å². The topological polar surface area (TPSA) is 152 Å². The summed E-state index contributed by atoms with van der Waals surface area (Å²) in [7, 11) is -3.00. The van der Waals surface area contributed by atoms with Crippen molar-refractivity contribution in [3.63, 3.8) is 0 Å². The van der Waals surface area contributed by atoms with Crippen LogP contribution in [0.1, 0.15) is 84.3 Å². The summed E-state index contributed by atoms with van der Waals surface area (Å²) in [6, 6.07) is 10.8. The number of unbranched alkanes of at least 4 members (excludes halogenated alkanes) is 2. The maximum Gasteiger partial charge on any atom is 0.333 e. The fraction of sp³-hybridized carbons (Fsp3) is 0.444. The molecule has 3 heterocycles. The molecule has 13 nitrogen and oxygen atoms in total. The number of likely N-dealkylation sites (N-methyl/N-ethyl adjacent to an activating group) is 1. The van der Waals surface area contributed by atoms with Crippen LogP contribution in [-0.4, -0.2) is 66.3 Å². The van der Waals surface area contributed by atoms with Crippen LogP contribution in [0.2, 0.25) is 0 Å². The van der Waals surface area contributed by atoms with Gasteiger partial charge in [-0.3, -0.25) is 14.1 Å². The van der Waals surface area contributed by atoms with Crippen molar-refractivity contribution in [2.75, 3.05) is 25.1 Å². The highest BCUT2D eigenvalue weighted by Gasteiger charge is 2.45. The van der Waals surface area contributed by atoms with Gasteiger partial charge in [-0.05, 0) is 75.6 Å². The zero-order valence-corrected chi connectivity index (χ0v) is 31.3. The smallest absolute Gasteiger partial charge is 0.333 e. The number of carbonyl (C=O) groups is 3. The monoisotopic (exact) mass is 742 g/mol. The Bertz CT molecular complexity index is 1900. The molecule has 2 aromatic rings. The molecule has 3 aliphatic heterocycles. The largest absolute Gasteiger partial charge is 0.344 e. The fourth-order valence-electron chi connectivity index (χ4n) is 6.94. The van der Waals surface area contributed by atoms with Crippen molar-refractivity contribution in [3.8, 4) is 0 Å². The number of imide groups is 1. The third-order valence-corrected chi connectivity index (χ3v) is 11.0. The van der Waals surface area contributed by atoms with E-state index in [-0.39, 0.29) is 24.2 Å². The van der Waals surface area contributed by atoms with Gasteiger partial charge >= 0.3 is 5.97 Å². The van der Waals surface area contributed by atoms with Crippen LogP contribution < -0.4 is 4.90 Å². The van der Waals surface area contributed by atoms with Crippen LogP contribution in [0.3, 0.4) is 0 Å².